The molecule has 0 saturated carbocycles. The maximum Gasteiger partial charge on any atom is 0.229 e. The van der Waals surface area contributed by atoms with Crippen molar-refractivity contribution >= 4 is 11.8 Å². The van der Waals surface area contributed by atoms with Crippen molar-refractivity contribution < 1.29 is 19.4 Å². The Balaban J connectivity index is 2.43. The topological polar surface area (TPSA) is 66.8 Å². The summed E-state index contributed by atoms with van der Waals surface area (Å²) in [6.45, 7) is 0.183. The lowest BCUT2D eigenvalue weighted by molar-refractivity contribution is -0.140. The van der Waals surface area contributed by atoms with Gasteiger partial charge in [-0.3, -0.25) is 14.5 Å². The highest BCUT2D eigenvalue weighted by atomic mass is 16.5. The van der Waals surface area contributed by atoms with E-state index in [0.29, 0.717) is 0 Å². The van der Waals surface area contributed by atoms with Crippen LogP contribution < -0.4 is 0 Å². The Bertz CT molecular complexity index is 200. The highest BCUT2D eigenvalue weighted by molar-refractivity contribution is 6.01. The quantitative estimate of drug-likeness (QED) is 0.582. The molecule has 74 valence electrons. The van der Waals surface area contributed by atoms with E-state index >= 15 is 0 Å². The van der Waals surface area contributed by atoms with Crippen molar-refractivity contribution in [2.45, 2.75) is 18.9 Å². The predicted molar refractivity (Wildman–Crippen MR) is 43.8 cm³/mol. The van der Waals surface area contributed by atoms with E-state index in [1.807, 2.05) is 0 Å². The number of carbonyl (C=O) groups is 2. The van der Waals surface area contributed by atoms with Gasteiger partial charge in [0.05, 0.1) is 19.3 Å². The molecule has 1 saturated heterocycles. The molecule has 1 aliphatic heterocycles. The molecular weight excluding hydrogens is 174 g/mol. The molecule has 0 aromatic carbocycles. The minimum absolute atomic E-state index is 0.0471. The van der Waals surface area contributed by atoms with E-state index in [1.165, 1.54) is 7.11 Å². The van der Waals surface area contributed by atoms with Gasteiger partial charge >= 0.3 is 0 Å². The van der Waals surface area contributed by atoms with Crippen molar-refractivity contribution in [3.63, 3.8) is 0 Å². The molecule has 1 unspecified atom stereocenters. The van der Waals surface area contributed by atoms with Gasteiger partial charge in [0.15, 0.2) is 0 Å². The summed E-state index contributed by atoms with van der Waals surface area (Å²) < 4.78 is 4.69. The Hall–Kier alpha value is -0.940. The Morgan fingerprint density at radius 2 is 2.00 bits per heavy atom. The van der Waals surface area contributed by atoms with Crippen LogP contribution in [0.4, 0.5) is 0 Å². The standard InChI is InChI=1S/C8H13NO4/c1-13-5-6(10)4-9-7(11)2-3-8(9)12/h6,10H,2-5H2,1H3. The lowest BCUT2D eigenvalue weighted by Gasteiger charge is -2.17. The van der Waals surface area contributed by atoms with Gasteiger partial charge in [-0.25, -0.2) is 0 Å². The van der Waals surface area contributed by atoms with Gasteiger partial charge in [0.25, 0.3) is 0 Å². The molecular formula is C8H13NO4. The maximum absolute atomic E-state index is 11.1. The van der Waals surface area contributed by atoms with Crippen LogP contribution in [-0.2, 0) is 14.3 Å². The molecule has 0 aromatic rings. The minimum Gasteiger partial charge on any atom is -0.389 e. The van der Waals surface area contributed by atoms with E-state index in [2.05, 4.69) is 4.74 Å². The fraction of sp³-hybridized carbons (Fsp3) is 0.750. The molecule has 5 nitrogen and oxygen atoms in total. The van der Waals surface area contributed by atoms with E-state index in [0.717, 1.165) is 4.90 Å². The first-order valence-electron chi connectivity index (χ1n) is 4.15. The number of ether oxygens (including phenoxy) is 1. The number of β-amino-alcohol motifs (C(OH)–C–C–N with tert-alkyl or cyclic N) is 1. The summed E-state index contributed by atoms with van der Waals surface area (Å²) in [6.07, 6.45) is -0.257. The molecule has 1 heterocycles. The van der Waals surface area contributed by atoms with Crippen molar-refractivity contribution in [1.29, 1.82) is 0 Å². The molecule has 1 N–H and O–H groups in total. The second-order valence-corrected chi connectivity index (χ2v) is 3.01. The Morgan fingerprint density at radius 1 is 1.46 bits per heavy atom. The second kappa shape index (κ2) is 4.34. The van der Waals surface area contributed by atoms with E-state index < -0.39 is 6.10 Å². The Labute approximate surface area is 76.3 Å². The summed E-state index contributed by atoms with van der Waals surface area (Å²) in [6, 6.07) is 0. The third kappa shape index (κ3) is 2.50. The second-order valence-electron chi connectivity index (χ2n) is 3.01. The summed E-state index contributed by atoms with van der Waals surface area (Å²) in [5, 5.41) is 9.27. The zero-order valence-corrected chi connectivity index (χ0v) is 7.52. The number of aliphatic hydroxyl groups excluding tert-OH is 1. The molecule has 0 aromatic heterocycles. The number of methoxy groups -OCH3 is 1. The number of likely N-dealkylation sites (tertiary alicyclic amines) is 1. The van der Waals surface area contributed by atoms with Crippen molar-refractivity contribution in [3.8, 4) is 0 Å². The summed E-state index contributed by atoms with van der Waals surface area (Å²) >= 11 is 0. The maximum atomic E-state index is 11.1. The van der Waals surface area contributed by atoms with Crippen LogP contribution in [0.5, 0.6) is 0 Å². The molecule has 1 atom stereocenters. The van der Waals surface area contributed by atoms with Gasteiger partial charge in [-0.15, -0.1) is 0 Å². The summed E-state index contributed by atoms with van der Waals surface area (Å²) in [5.41, 5.74) is 0. The zero-order chi connectivity index (χ0) is 9.84. The number of hydrogen-bond acceptors (Lipinski definition) is 4. The first kappa shape index (κ1) is 10.1. The average Bonchev–Trinajstić information content (AvgIpc) is 2.36. The highest BCUT2D eigenvalue weighted by Gasteiger charge is 2.30. The van der Waals surface area contributed by atoms with Crippen molar-refractivity contribution in [2.75, 3.05) is 20.3 Å². The molecule has 13 heavy (non-hydrogen) atoms. The zero-order valence-electron chi connectivity index (χ0n) is 7.52. The van der Waals surface area contributed by atoms with E-state index in [4.69, 9.17) is 0 Å². The lowest BCUT2D eigenvalue weighted by atomic mass is 10.3. The normalized spacial score (nSPS) is 19.7. The number of hydrogen-bond donors (Lipinski definition) is 1. The van der Waals surface area contributed by atoms with Crippen LogP contribution in [0.2, 0.25) is 0 Å². The smallest absolute Gasteiger partial charge is 0.229 e. The van der Waals surface area contributed by atoms with Gasteiger partial charge in [0.2, 0.25) is 11.8 Å². The third-order valence-corrected chi connectivity index (χ3v) is 1.91. The predicted octanol–water partition coefficient (Wildman–Crippen LogP) is -0.857. The SMILES string of the molecule is COCC(O)CN1C(=O)CCC1=O. The number of rotatable bonds is 4. The molecule has 1 aliphatic rings. The van der Waals surface area contributed by atoms with Crippen molar-refractivity contribution in [3.05, 3.63) is 0 Å². The molecule has 0 aliphatic carbocycles. The van der Waals surface area contributed by atoms with Gasteiger partial charge < -0.3 is 9.84 Å². The van der Waals surface area contributed by atoms with E-state index in [9.17, 15) is 14.7 Å². The fourth-order valence-corrected chi connectivity index (χ4v) is 1.28. The van der Waals surface area contributed by atoms with Gasteiger partial charge in [0, 0.05) is 20.0 Å². The van der Waals surface area contributed by atoms with Crippen molar-refractivity contribution in [1.82, 2.24) is 4.90 Å². The molecule has 0 radical (unpaired) electrons. The summed E-state index contributed by atoms with van der Waals surface area (Å²) in [5.74, 6) is -0.416. The number of imide groups is 1. The van der Waals surface area contributed by atoms with Gasteiger partial charge in [-0.2, -0.15) is 0 Å². The number of amides is 2. The number of aliphatic hydroxyl groups is 1. The molecule has 1 fully saturated rings. The Morgan fingerprint density at radius 3 is 2.46 bits per heavy atom. The van der Waals surface area contributed by atoms with E-state index in [-0.39, 0.29) is 37.8 Å². The first-order valence-corrected chi connectivity index (χ1v) is 4.15. The lowest BCUT2D eigenvalue weighted by Crippen LogP contribution is -2.38. The van der Waals surface area contributed by atoms with Crippen LogP contribution in [-0.4, -0.2) is 48.2 Å². The minimum atomic E-state index is -0.781. The van der Waals surface area contributed by atoms with Crippen LogP contribution in [0.25, 0.3) is 0 Å². The number of nitrogens with zero attached hydrogens (tertiary/aromatic N) is 1. The van der Waals surface area contributed by atoms with Crippen LogP contribution in [0.1, 0.15) is 12.8 Å². The molecule has 2 amide bonds. The van der Waals surface area contributed by atoms with Crippen LogP contribution in [0.3, 0.4) is 0 Å². The van der Waals surface area contributed by atoms with E-state index in [1.54, 1.807) is 0 Å². The molecule has 1 rings (SSSR count). The van der Waals surface area contributed by atoms with Crippen molar-refractivity contribution in [2.24, 2.45) is 0 Å². The molecule has 0 spiro atoms. The summed E-state index contributed by atoms with van der Waals surface area (Å²) in [7, 11) is 1.46. The average molecular weight is 187 g/mol. The van der Waals surface area contributed by atoms with Crippen LogP contribution >= 0.6 is 0 Å². The molecule has 5 heteroatoms. The fourth-order valence-electron chi connectivity index (χ4n) is 1.28. The number of carbonyl (C=O) groups excluding carboxylic acids is 2. The Kier molecular flexibility index (Phi) is 3.39. The van der Waals surface area contributed by atoms with Crippen LogP contribution in [0.15, 0.2) is 0 Å². The third-order valence-electron chi connectivity index (χ3n) is 1.91. The van der Waals surface area contributed by atoms with Gasteiger partial charge in [-0.05, 0) is 0 Å². The van der Waals surface area contributed by atoms with Gasteiger partial charge in [0.1, 0.15) is 0 Å². The first-order chi connectivity index (χ1) is 6.15. The van der Waals surface area contributed by atoms with Gasteiger partial charge in [-0.1, -0.05) is 0 Å². The summed E-state index contributed by atoms with van der Waals surface area (Å²) in [4.78, 5) is 23.2. The molecule has 0 bridgehead atoms. The largest absolute Gasteiger partial charge is 0.389 e. The monoisotopic (exact) mass is 187 g/mol. The highest BCUT2D eigenvalue weighted by Crippen LogP contribution is 2.11. The van der Waals surface area contributed by atoms with Crippen LogP contribution in [0, 0.1) is 0 Å².